The number of nitrogens with zero attached hydrogens (tertiary/aromatic N) is 8. The second kappa shape index (κ2) is 18.9. The zero-order valence-corrected chi connectivity index (χ0v) is 35.1. The van der Waals surface area contributed by atoms with Gasteiger partial charge in [0.15, 0.2) is 47.7 Å². The number of halogens is 2. The van der Waals surface area contributed by atoms with Gasteiger partial charge in [-0.2, -0.15) is 0 Å². The van der Waals surface area contributed by atoms with Crippen LogP contribution in [0.25, 0.3) is 22.3 Å². The number of nitrogens with two attached hydrogens (primary N) is 2. The second-order valence-electron chi connectivity index (χ2n) is 13.9. The van der Waals surface area contributed by atoms with E-state index in [1.54, 1.807) is 24.3 Å². The lowest BCUT2D eigenvalue weighted by atomic mass is 10.1. The van der Waals surface area contributed by atoms with Crippen LogP contribution in [0.15, 0.2) is 49.6 Å². The molecule has 21 nitrogen and oxygen atoms in total. The third kappa shape index (κ3) is 9.71. The molecule has 4 aromatic heterocycles. The molecule has 3 aliphatic rings. The Morgan fingerprint density at radius 2 is 1.31 bits per heavy atom. The van der Waals surface area contributed by atoms with Crippen molar-refractivity contribution in [2.45, 2.75) is 68.3 Å². The van der Waals surface area contributed by atoms with Crippen molar-refractivity contribution in [3.05, 3.63) is 55.1 Å². The molecule has 27 heteroatoms. The standard InChI is InChI=1S/C34H41BF2N10O11P2S/c1-2-7-50-8-9-51-10-11-52-20-5-3-19(4-6-20)14-61-60(49)54-13-22-27(23(36)33(56-22)46-17-44-25-29(38)40-15-42-31(25)46)57-59(35,48)53-12-21-28(58-60)24(37)34(55-21)47-18-45-26-30(39)41-16-43-32(26)47/h3-6,15-18,21-24,27-28,33-34H,2,7-14H2,1H3,(H2,38,40,42)(H2,39,41,43)/t21-,22-,23-,24-,27-,28-,33-,34-,59-,60-/m1/s1. The Balaban J connectivity index is 1.03. The molecule has 0 bridgehead atoms. The summed E-state index contributed by atoms with van der Waals surface area (Å²) in [6.07, 6.45) is -7.66. The van der Waals surface area contributed by atoms with E-state index >= 15 is 8.78 Å². The topological polar surface area (TPSA) is 256 Å². The highest BCUT2D eigenvalue weighted by Crippen LogP contribution is 2.65. The molecule has 0 aliphatic carbocycles. The summed E-state index contributed by atoms with van der Waals surface area (Å²) in [5, 5.41) is 0. The Bertz CT molecular complexity index is 2390. The van der Waals surface area contributed by atoms with E-state index in [9.17, 15) is 9.13 Å². The number of ether oxygens (including phenoxy) is 5. The first-order chi connectivity index (χ1) is 29.4. The number of benzene rings is 1. The molecule has 3 fully saturated rings. The van der Waals surface area contributed by atoms with E-state index < -0.39 is 76.7 Å². The summed E-state index contributed by atoms with van der Waals surface area (Å²) in [4.78, 5) is 24.5. The molecule has 8 rings (SSSR count). The van der Waals surface area contributed by atoms with Gasteiger partial charge in [0.2, 0.25) is 7.57 Å². The molecule has 0 amide bonds. The summed E-state index contributed by atoms with van der Waals surface area (Å²) >= 11 is 0.736. The number of imidazole rings is 2. The van der Waals surface area contributed by atoms with Crippen LogP contribution in [0.4, 0.5) is 20.4 Å². The summed E-state index contributed by atoms with van der Waals surface area (Å²) in [5.41, 5.74) is 13.2. The number of fused-ring (bicyclic) bond motifs is 4. The van der Waals surface area contributed by atoms with E-state index in [0.29, 0.717) is 44.3 Å². The first kappa shape index (κ1) is 43.8. The maximum absolute atomic E-state index is 16.8. The van der Waals surface area contributed by atoms with Crippen LogP contribution in [-0.2, 0) is 51.9 Å². The van der Waals surface area contributed by atoms with E-state index in [4.69, 9.17) is 60.8 Å². The quantitative estimate of drug-likeness (QED) is 0.0896. The zero-order chi connectivity index (χ0) is 42.7. The van der Waals surface area contributed by atoms with Crippen LogP contribution < -0.4 is 16.2 Å². The minimum Gasteiger partial charge on any atom is -0.491 e. The van der Waals surface area contributed by atoms with Crippen molar-refractivity contribution >= 4 is 67.2 Å². The fraction of sp³-hybridized carbons (Fsp3) is 0.529. The van der Waals surface area contributed by atoms with Gasteiger partial charge in [-0.1, -0.05) is 19.1 Å². The minimum absolute atomic E-state index is 0.0363. The molecular weight excluding hydrogens is 867 g/mol. The number of hydrogen-bond donors (Lipinski definition) is 2. The summed E-state index contributed by atoms with van der Waals surface area (Å²) in [6.45, 7) is -1.53. The average Bonchev–Trinajstić information content (AvgIpc) is 4.02. The number of nitrogen functional groups attached to an aromatic ring is 2. The Morgan fingerprint density at radius 1 is 0.770 bits per heavy atom. The van der Waals surface area contributed by atoms with Gasteiger partial charge in [-0.15, -0.1) is 0 Å². The van der Waals surface area contributed by atoms with Gasteiger partial charge in [0, 0.05) is 12.4 Å². The first-order valence-corrected chi connectivity index (χ1v) is 23.8. The highest BCUT2D eigenvalue weighted by Gasteiger charge is 2.54. The molecule has 10 atom stereocenters. The molecule has 326 valence electrons. The number of aromatic nitrogens is 8. The Morgan fingerprint density at radius 3 is 1.90 bits per heavy atom. The van der Waals surface area contributed by atoms with Gasteiger partial charge in [-0.3, -0.25) is 22.7 Å². The van der Waals surface area contributed by atoms with Crippen LogP contribution in [0.2, 0.25) is 0 Å². The van der Waals surface area contributed by atoms with Crippen molar-refractivity contribution in [1.29, 1.82) is 0 Å². The van der Waals surface area contributed by atoms with E-state index in [1.807, 2.05) is 6.92 Å². The number of alkyl halides is 2. The first-order valence-electron chi connectivity index (χ1n) is 19.0. The maximum Gasteiger partial charge on any atom is 0.389 e. The smallest absolute Gasteiger partial charge is 0.389 e. The molecule has 7 heterocycles. The van der Waals surface area contributed by atoms with Gasteiger partial charge in [-0.05, 0) is 35.5 Å². The normalized spacial score (nSPS) is 30.8. The number of rotatable bonds is 14. The van der Waals surface area contributed by atoms with Gasteiger partial charge in [-0.25, -0.2) is 43.2 Å². The lowest BCUT2D eigenvalue weighted by Crippen LogP contribution is -2.37. The number of hydrogen-bond acceptors (Lipinski definition) is 20. The van der Waals surface area contributed by atoms with Gasteiger partial charge in [0.1, 0.15) is 60.5 Å². The monoisotopic (exact) mass is 908 g/mol. The second-order valence-corrected chi connectivity index (χ2v) is 19.5. The van der Waals surface area contributed by atoms with Crippen molar-refractivity contribution in [2.24, 2.45) is 0 Å². The molecule has 4 N–H and O–H groups in total. The highest BCUT2D eigenvalue weighted by molar-refractivity contribution is 8.54. The SMILES string of the molecule is [B][P@@]1(=O)OC[C@H]2O[C@@H](n3cnc4c(N)ncnc43)[C@H](F)[C@@H]2O[P@](=O)(SCc2ccc(OCCOCCOCCC)cc2)OC[C@H]2O[C@@H](n3cnc4c(N)ncnc43)[C@H](F)[C@@H]2O1. The minimum atomic E-state index is -4.66. The molecule has 5 aromatic rings. The fourth-order valence-electron chi connectivity index (χ4n) is 6.78. The molecule has 2 radical (unpaired) electrons. The average molecular weight is 909 g/mol. The lowest BCUT2D eigenvalue weighted by Gasteiger charge is -2.30. The van der Waals surface area contributed by atoms with Crippen LogP contribution in [0.5, 0.6) is 5.75 Å². The summed E-state index contributed by atoms with van der Waals surface area (Å²) in [7, 11) is 1.34. The van der Waals surface area contributed by atoms with Crippen molar-refractivity contribution in [3.63, 3.8) is 0 Å². The van der Waals surface area contributed by atoms with E-state index in [1.165, 1.54) is 28.1 Å². The molecule has 0 spiro atoms. The van der Waals surface area contributed by atoms with Crippen LogP contribution >= 0.6 is 25.7 Å². The summed E-state index contributed by atoms with van der Waals surface area (Å²) < 4.78 is 116. The largest absolute Gasteiger partial charge is 0.491 e. The third-order valence-electron chi connectivity index (χ3n) is 9.72. The Labute approximate surface area is 352 Å². The molecule has 3 aliphatic heterocycles. The molecule has 61 heavy (non-hydrogen) atoms. The van der Waals surface area contributed by atoms with E-state index in [2.05, 4.69) is 29.9 Å². The summed E-state index contributed by atoms with van der Waals surface area (Å²) in [5.74, 6) is 0.679. The highest BCUT2D eigenvalue weighted by atomic mass is 32.7. The van der Waals surface area contributed by atoms with Gasteiger partial charge in [0.05, 0.1) is 45.7 Å². The van der Waals surface area contributed by atoms with Gasteiger partial charge in [0.25, 0.3) is 7.47 Å². The predicted octanol–water partition coefficient (Wildman–Crippen LogP) is 4.26. The van der Waals surface area contributed by atoms with E-state index in [-0.39, 0.29) is 39.7 Å². The maximum atomic E-state index is 16.8. The third-order valence-corrected chi connectivity index (χ3v) is 14.4. The zero-order valence-electron chi connectivity index (χ0n) is 32.5. The number of anilines is 2. The van der Waals surface area contributed by atoms with Crippen molar-refractivity contribution in [1.82, 2.24) is 39.0 Å². The summed E-state index contributed by atoms with van der Waals surface area (Å²) in [6, 6.07) is 6.95. The van der Waals surface area contributed by atoms with Crippen molar-refractivity contribution in [2.75, 3.05) is 57.7 Å². The van der Waals surface area contributed by atoms with Gasteiger partial charge < -0.3 is 44.2 Å². The molecule has 3 saturated heterocycles. The van der Waals surface area contributed by atoms with E-state index in [0.717, 1.165) is 24.1 Å². The van der Waals surface area contributed by atoms with Crippen LogP contribution in [0.3, 0.4) is 0 Å². The lowest BCUT2D eigenvalue weighted by molar-refractivity contribution is -0.0546. The molecular formula is C34H41BF2N10O11P2S. The van der Waals surface area contributed by atoms with Crippen LogP contribution in [0, 0.1) is 0 Å². The molecule has 0 saturated carbocycles. The predicted molar refractivity (Wildman–Crippen MR) is 215 cm³/mol. The van der Waals surface area contributed by atoms with Crippen molar-refractivity contribution < 1.29 is 59.7 Å². The Kier molecular flexibility index (Phi) is 13.5. The molecule has 1 aromatic carbocycles. The van der Waals surface area contributed by atoms with Crippen LogP contribution in [0.1, 0.15) is 31.4 Å². The Hall–Kier alpha value is -3.87. The van der Waals surface area contributed by atoms with Crippen molar-refractivity contribution in [3.8, 4) is 5.75 Å². The van der Waals surface area contributed by atoms with Crippen LogP contribution in [-0.4, -0.2) is 130 Å². The fourth-order valence-corrected chi connectivity index (χ4v) is 11.2. The molecule has 0 unspecified atom stereocenters. The van der Waals surface area contributed by atoms with Gasteiger partial charge >= 0.3 is 6.80 Å².